The molecule has 0 aromatic heterocycles. The molecule has 0 atom stereocenters. The van der Waals surface area contributed by atoms with E-state index in [9.17, 15) is 8.42 Å². The lowest BCUT2D eigenvalue weighted by Gasteiger charge is -2.05. The van der Waals surface area contributed by atoms with Gasteiger partial charge in [-0.2, -0.15) is 0 Å². The zero-order chi connectivity index (χ0) is 12.2. The van der Waals surface area contributed by atoms with Crippen LogP contribution in [0.1, 0.15) is 6.42 Å². The molecule has 0 heterocycles. The SMILES string of the molecule is NOCCCS(=O)(=O)c1ccc(Cl)c(Cl)c1. The van der Waals surface area contributed by atoms with E-state index >= 15 is 0 Å². The largest absolute Gasteiger partial charge is 0.305 e. The molecule has 0 radical (unpaired) electrons. The van der Waals surface area contributed by atoms with E-state index in [1.807, 2.05) is 0 Å². The summed E-state index contributed by atoms with van der Waals surface area (Å²) in [5.74, 6) is 4.77. The van der Waals surface area contributed by atoms with Crippen molar-refractivity contribution in [1.82, 2.24) is 0 Å². The molecule has 0 bridgehead atoms. The van der Waals surface area contributed by atoms with Crippen LogP contribution in [0.2, 0.25) is 10.0 Å². The third-order valence-corrected chi connectivity index (χ3v) is 4.46. The lowest BCUT2D eigenvalue weighted by molar-refractivity contribution is 0.139. The minimum absolute atomic E-state index is 0.0395. The predicted molar refractivity (Wildman–Crippen MR) is 63.3 cm³/mol. The summed E-state index contributed by atoms with van der Waals surface area (Å²) in [4.78, 5) is 4.46. The number of nitrogens with two attached hydrogens (primary N) is 1. The van der Waals surface area contributed by atoms with E-state index in [-0.39, 0.29) is 22.3 Å². The van der Waals surface area contributed by atoms with Crippen LogP contribution < -0.4 is 5.90 Å². The van der Waals surface area contributed by atoms with Crippen LogP contribution in [0.5, 0.6) is 0 Å². The van der Waals surface area contributed by atoms with Gasteiger partial charge in [-0.15, -0.1) is 0 Å². The van der Waals surface area contributed by atoms with Gasteiger partial charge in [0, 0.05) is 0 Å². The number of benzene rings is 1. The maximum Gasteiger partial charge on any atom is 0.178 e. The summed E-state index contributed by atoms with van der Waals surface area (Å²) < 4.78 is 23.5. The fraction of sp³-hybridized carbons (Fsp3) is 0.333. The maximum absolute atomic E-state index is 11.8. The number of rotatable bonds is 5. The van der Waals surface area contributed by atoms with Gasteiger partial charge in [0.1, 0.15) is 0 Å². The minimum atomic E-state index is -3.35. The highest BCUT2D eigenvalue weighted by Gasteiger charge is 2.15. The third kappa shape index (κ3) is 3.61. The molecule has 7 heteroatoms. The monoisotopic (exact) mass is 283 g/mol. The van der Waals surface area contributed by atoms with Crippen molar-refractivity contribution in [2.45, 2.75) is 11.3 Å². The molecule has 4 nitrogen and oxygen atoms in total. The van der Waals surface area contributed by atoms with Crippen molar-refractivity contribution in [2.75, 3.05) is 12.4 Å². The summed E-state index contributed by atoms with van der Waals surface area (Å²) >= 11 is 11.4. The van der Waals surface area contributed by atoms with Gasteiger partial charge < -0.3 is 4.84 Å². The van der Waals surface area contributed by atoms with Gasteiger partial charge in [-0.05, 0) is 24.6 Å². The zero-order valence-corrected chi connectivity index (χ0v) is 10.6. The van der Waals surface area contributed by atoms with Gasteiger partial charge in [0.25, 0.3) is 0 Å². The van der Waals surface area contributed by atoms with Crippen molar-refractivity contribution in [3.8, 4) is 0 Å². The average Bonchev–Trinajstić information content (AvgIpc) is 2.22. The Balaban J connectivity index is 2.86. The number of hydrogen-bond donors (Lipinski definition) is 1. The molecule has 1 rings (SSSR count). The van der Waals surface area contributed by atoms with Crippen molar-refractivity contribution in [3.63, 3.8) is 0 Å². The van der Waals surface area contributed by atoms with Crippen LogP contribution >= 0.6 is 23.2 Å². The minimum Gasteiger partial charge on any atom is -0.305 e. The first-order chi connectivity index (χ1) is 7.47. The van der Waals surface area contributed by atoms with Crippen LogP contribution in [0.15, 0.2) is 23.1 Å². The lowest BCUT2D eigenvalue weighted by Crippen LogP contribution is -2.11. The van der Waals surface area contributed by atoms with Crippen LogP contribution in [0.25, 0.3) is 0 Å². The van der Waals surface area contributed by atoms with E-state index in [0.29, 0.717) is 11.4 Å². The van der Waals surface area contributed by atoms with E-state index < -0.39 is 9.84 Å². The average molecular weight is 284 g/mol. The van der Waals surface area contributed by atoms with Crippen molar-refractivity contribution in [3.05, 3.63) is 28.2 Å². The second kappa shape index (κ2) is 5.84. The summed E-state index contributed by atoms with van der Waals surface area (Å²) in [6.45, 7) is 0.195. The topological polar surface area (TPSA) is 69.4 Å². The molecule has 0 aliphatic carbocycles. The van der Waals surface area contributed by atoms with E-state index in [4.69, 9.17) is 29.1 Å². The van der Waals surface area contributed by atoms with Gasteiger partial charge in [0.15, 0.2) is 9.84 Å². The van der Waals surface area contributed by atoms with E-state index in [1.54, 1.807) is 0 Å². The molecule has 0 saturated heterocycles. The molecule has 0 fully saturated rings. The molecule has 0 aliphatic heterocycles. The fourth-order valence-electron chi connectivity index (χ4n) is 1.12. The molecule has 0 saturated carbocycles. The Morgan fingerprint density at radius 1 is 1.25 bits per heavy atom. The van der Waals surface area contributed by atoms with Gasteiger partial charge >= 0.3 is 0 Å². The molecule has 1 aromatic rings. The summed E-state index contributed by atoms with van der Waals surface area (Å²) in [6, 6.07) is 4.21. The summed E-state index contributed by atoms with van der Waals surface area (Å²) in [6.07, 6.45) is 0.332. The Morgan fingerprint density at radius 2 is 1.94 bits per heavy atom. The van der Waals surface area contributed by atoms with Crippen molar-refractivity contribution in [2.24, 2.45) is 5.90 Å². The van der Waals surface area contributed by atoms with E-state index in [2.05, 4.69) is 4.84 Å². The van der Waals surface area contributed by atoms with Crippen molar-refractivity contribution in [1.29, 1.82) is 0 Å². The maximum atomic E-state index is 11.8. The molecule has 0 amide bonds. The first kappa shape index (κ1) is 13.7. The molecule has 0 unspecified atom stereocenters. The van der Waals surface area contributed by atoms with Gasteiger partial charge in [0.05, 0.1) is 27.3 Å². The fourth-order valence-corrected chi connectivity index (χ4v) is 2.79. The van der Waals surface area contributed by atoms with Gasteiger partial charge in [-0.25, -0.2) is 14.3 Å². The molecule has 16 heavy (non-hydrogen) atoms. The van der Waals surface area contributed by atoms with Crippen LogP contribution in [-0.4, -0.2) is 20.8 Å². The Hall–Kier alpha value is -0.330. The van der Waals surface area contributed by atoms with Gasteiger partial charge in [-0.1, -0.05) is 23.2 Å². The highest BCUT2D eigenvalue weighted by atomic mass is 35.5. The van der Waals surface area contributed by atoms with Crippen LogP contribution in [0.3, 0.4) is 0 Å². The van der Waals surface area contributed by atoms with Crippen molar-refractivity contribution >= 4 is 33.0 Å². The smallest absolute Gasteiger partial charge is 0.178 e. The number of hydrogen-bond acceptors (Lipinski definition) is 4. The molecule has 1 aromatic carbocycles. The van der Waals surface area contributed by atoms with Gasteiger partial charge in [0.2, 0.25) is 0 Å². The number of halogens is 2. The molecular formula is C9H11Cl2NO3S. The first-order valence-electron chi connectivity index (χ1n) is 4.47. The molecule has 2 N–H and O–H groups in total. The Labute approximate surface area is 104 Å². The highest BCUT2D eigenvalue weighted by Crippen LogP contribution is 2.25. The Kier molecular flexibility index (Phi) is 5.01. The molecular weight excluding hydrogens is 273 g/mol. The quantitative estimate of drug-likeness (QED) is 0.663. The normalized spacial score (nSPS) is 11.7. The second-order valence-corrected chi connectivity index (χ2v) is 6.04. The van der Waals surface area contributed by atoms with Gasteiger partial charge in [-0.3, -0.25) is 0 Å². The first-order valence-corrected chi connectivity index (χ1v) is 6.87. The molecule has 0 aliphatic rings. The van der Waals surface area contributed by atoms with Crippen molar-refractivity contribution < 1.29 is 13.3 Å². The predicted octanol–water partition coefficient (Wildman–Crippen LogP) is 2.05. The van der Waals surface area contributed by atoms with E-state index in [0.717, 1.165) is 0 Å². The lowest BCUT2D eigenvalue weighted by atomic mass is 10.4. The number of sulfone groups is 1. The zero-order valence-electron chi connectivity index (χ0n) is 8.32. The standard InChI is InChI=1S/C9H11Cl2NO3S/c10-8-3-2-7(6-9(8)11)16(13,14)5-1-4-15-12/h2-3,6H,1,4-5,12H2. The van der Waals surface area contributed by atoms with Crippen LogP contribution in [-0.2, 0) is 14.7 Å². The second-order valence-electron chi connectivity index (χ2n) is 3.12. The van der Waals surface area contributed by atoms with Crippen LogP contribution in [0, 0.1) is 0 Å². The molecule has 0 spiro atoms. The highest BCUT2D eigenvalue weighted by molar-refractivity contribution is 7.91. The Morgan fingerprint density at radius 3 is 2.50 bits per heavy atom. The summed E-state index contributed by atoms with van der Waals surface area (Å²) in [5, 5.41) is 0.545. The van der Waals surface area contributed by atoms with E-state index in [1.165, 1.54) is 18.2 Å². The Bertz CT molecular complexity index is 462. The third-order valence-electron chi connectivity index (χ3n) is 1.93. The van der Waals surface area contributed by atoms with Crippen LogP contribution in [0.4, 0.5) is 0 Å². The molecule has 90 valence electrons. The summed E-state index contributed by atoms with van der Waals surface area (Å²) in [5.41, 5.74) is 0. The summed E-state index contributed by atoms with van der Waals surface area (Å²) in [7, 11) is -3.35.